The van der Waals surface area contributed by atoms with Gasteiger partial charge in [0.1, 0.15) is 5.75 Å². The maximum atomic E-state index is 12.7. The molecule has 4 N–H and O–H groups in total. The maximum absolute atomic E-state index is 12.7. The van der Waals surface area contributed by atoms with Crippen LogP contribution in [0.25, 0.3) is 0 Å². The first kappa shape index (κ1) is 23.7. The summed E-state index contributed by atoms with van der Waals surface area (Å²) in [5, 5.41) is 2.79. The second-order valence-electron chi connectivity index (χ2n) is 6.03. The van der Waals surface area contributed by atoms with Crippen LogP contribution < -0.4 is 20.5 Å². The van der Waals surface area contributed by atoms with E-state index in [1.807, 2.05) is 0 Å². The highest BCUT2D eigenvalue weighted by atomic mass is 35.5. The van der Waals surface area contributed by atoms with Gasteiger partial charge in [-0.1, -0.05) is 18.2 Å². The van der Waals surface area contributed by atoms with Crippen LogP contribution in [-0.4, -0.2) is 34.5 Å². The number of nitrogens with one attached hydrogen (secondary N) is 2. The van der Waals surface area contributed by atoms with Gasteiger partial charge < -0.3 is 15.8 Å². The number of amides is 1. The Morgan fingerprint density at radius 1 is 1.14 bits per heavy atom. The fraction of sp³-hybridized carbons (Fsp3) is 0.316. The molecule has 0 heterocycles. The summed E-state index contributed by atoms with van der Waals surface area (Å²) < 4.78 is 33.2. The molecular weight excluding hydrogens is 402 g/mol. The Kier molecular flexibility index (Phi) is 9.24. The zero-order valence-corrected chi connectivity index (χ0v) is 17.5. The Labute approximate surface area is 172 Å². The Hall–Kier alpha value is -2.29. The van der Waals surface area contributed by atoms with Crippen molar-refractivity contribution >= 4 is 34.0 Å². The number of anilines is 1. The third-order valence-electron chi connectivity index (χ3n) is 4.03. The molecule has 0 unspecified atom stereocenters. The predicted molar refractivity (Wildman–Crippen MR) is 113 cm³/mol. The van der Waals surface area contributed by atoms with Gasteiger partial charge in [-0.3, -0.25) is 9.52 Å². The van der Waals surface area contributed by atoms with Crippen LogP contribution in [0.1, 0.15) is 28.8 Å². The van der Waals surface area contributed by atoms with Crippen molar-refractivity contribution in [3.05, 3.63) is 53.6 Å². The summed E-state index contributed by atoms with van der Waals surface area (Å²) in [4.78, 5) is 12.4. The minimum absolute atomic E-state index is 0. The monoisotopic (exact) mass is 427 g/mol. The van der Waals surface area contributed by atoms with E-state index in [4.69, 9.17) is 10.5 Å². The van der Waals surface area contributed by atoms with Gasteiger partial charge in [-0.05, 0) is 56.1 Å². The number of rotatable bonds is 9. The summed E-state index contributed by atoms with van der Waals surface area (Å²) in [6.07, 6.45) is 1.59. The highest BCUT2D eigenvalue weighted by Crippen LogP contribution is 2.26. The van der Waals surface area contributed by atoms with E-state index in [0.717, 1.165) is 12.8 Å². The smallest absolute Gasteiger partial charge is 0.262 e. The van der Waals surface area contributed by atoms with Gasteiger partial charge in [0.05, 0.1) is 17.7 Å². The summed E-state index contributed by atoms with van der Waals surface area (Å²) >= 11 is 0. The van der Waals surface area contributed by atoms with Crippen molar-refractivity contribution in [3.63, 3.8) is 0 Å². The molecule has 2 aromatic carbocycles. The van der Waals surface area contributed by atoms with Crippen LogP contribution in [0.5, 0.6) is 5.75 Å². The van der Waals surface area contributed by atoms with E-state index in [1.54, 1.807) is 37.3 Å². The lowest BCUT2D eigenvalue weighted by molar-refractivity contribution is 0.0952. The average Bonchev–Trinajstić information content (AvgIpc) is 2.65. The minimum Gasteiger partial charge on any atom is -0.495 e. The van der Waals surface area contributed by atoms with Gasteiger partial charge in [-0.15, -0.1) is 12.4 Å². The minimum atomic E-state index is -3.87. The summed E-state index contributed by atoms with van der Waals surface area (Å²) in [5.41, 5.74) is 6.79. The Bertz CT molecular complexity index is 904. The third-order valence-corrected chi connectivity index (χ3v) is 5.39. The Morgan fingerprint density at radius 2 is 1.86 bits per heavy atom. The van der Waals surface area contributed by atoms with Crippen molar-refractivity contribution in [2.75, 3.05) is 24.9 Å². The van der Waals surface area contributed by atoms with Gasteiger partial charge in [0.15, 0.2) is 0 Å². The zero-order valence-electron chi connectivity index (χ0n) is 15.9. The van der Waals surface area contributed by atoms with Crippen molar-refractivity contribution in [1.82, 2.24) is 5.32 Å². The lowest BCUT2D eigenvalue weighted by Gasteiger charge is -2.13. The van der Waals surface area contributed by atoms with Crippen molar-refractivity contribution in [2.45, 2.75) is 24.7 Å². The fourth-order valence-corrected chi connectivity index (χ4v) is 3.61. The number of methoxy groups -OCH3 is 1. The molecule has 0 saturated heterocycles. The Balaban J connectivity index is 0.00000392. The molecule has 0 aliphatic rings. The number of halogens is 1. The largest absolute Gasteiger partial charge is 0.495 e. The molecule has 0 aliphatic heterocycles. The zero-order chi connectivity index (χ0) is 19.9. The Morgan fingerprint density at radius 3 is 2.54 bits per heavy atom. The number of carbonyl (C=O) groups is 1. The molecule has 0 saturated carbocycles. The van der Waals surface area contributed by atoms with Crippen LogP contribution in [0.2, 0.25) is 0 Å². The standard InChI is InChI=1S/C19H25N3O4S.ClH/c1-14-9-10-15(13-16(14)19(23)21-12-6-5-11-20)27(24,25)22-17-7-3-4-8-18(17)26-2;/h3-4,7-10,13,22H,5-6,11-12,20H2,1-2H3,(H,21,23);1H. The topological polar surface area (TPSA) is 111 Å². The van der Waals surface area contributed by atoms with Crippen LogP contribution >= 0.6 is 12.4 Å². The molecule has 28 heavy (non-hydrogen) atoms. The van der Waals surface area contributed by atoms with E-state index in [0.29, 0.717) is 35.7 Å². The number of ether oxygens (including phenoxy) is 1. The number of aryl methyl sites for hydroxylation is 1. The molecule has 2 rings (SSSR count). The highest BCUT2D eigenvalue weighted by Gasteiger charge is 2.19. The number of carbonyl (C=O) groups excluding carboxylic acids is 1. The molecule has 2 aromatic rings. The maximum Gasteiger partial charge on any atom is 0.262 e. The number of sulfonamides is 1. The summed E-state index contributed by atoms with van der Waals surface area (Å²) in [7, 11) is -2.41. The molecule has 154 valence electrons. The van der Waals surface area contributed by atoms with Crippen LogP contribution in [0, 0.1) is 6.92 Å². The second-order valence-corrected chi connectivity index (χ2v) is 7.72. The van der Waals surface area contributed by atoms with Crippen LogP contribution in [0.15, 0.2) is 47.4 Å². The van der Waals surface area contributed by atoms with Crippen molar-refractivity contribution in [3.8, 4) is 5.75 Å². The number of hydrogen-bond donors (Lipinski definition) is 3. The van der Waals surface area contributed by atoms with E-state index in [2.05, 4.69) is 10.0 Å². The predicted octanol–water partition coefficient (Wildman–Crippen LogP) is 2.69. The van der Waals surface area contributed by atoms with E-state index < -0.39 is 10.0 Å². The van der Waals surface area contributed by atoms with Gasteiger partial charge in [0.25, 0.3) is 15.9 Å². The molecule has 0 aliphatic carbocycles. The molecule has 0 bridgehead atoms. The highest BCUT2D eigenvalue weighted by molar-refractivity contribution is 7.92. The van der Waals surface area contributed by atoms with Gasteiger partial charge in [0.2, 0.25) is 0 Å². The molecular formula is C19H26ClN3O4S. The summed E-state index contributed by atoms with van der Waals surface area (Å²) in [6.45, 7) is 2.82. The van der Waals surface area contributed by atoms with Gasteiger partial charge in [0, 0.05) is 12.1 Å². The molecule has 7 nitrogen and oxygen atoms in total. The quantitative estimate of drug-likeness (QED) is 0.533. The van der Waals surface area contributed by atoms with Crippen molar-refractivity contribution in [2.24, 2.45) is 5.73 Å². The van der Waals surface area contributed by atoms with Crippen LogP contribution in [0.4, 0.5) is 5.69 Å². The second kappa shape index (κ2) is 10.9. The molecule has 0 fully saturated rings. The van der Waals surface area contributed by atoms with Crippen LogP contribution in [0.3, 0.4) is 0 Å². The third kappa shape index (κ3) is 6.12. The molecule has 0 aromatic heterocycles. The van der Waals surface area contributed by atoms with E-state index in [9.17, 15) is 13.2 Å². The number of unbranched alkanes of at least 4 members (excludes halogenated alkanes) is 1. The normalized spacial score (nSPS) is 10.7. The van der Waals surface area contributed by atoms with Gasteiger partial charge >= 0.3 is 0 Å². The average molecular weight is 428 g/mol. The first-order valence-electron chi connectivity index (χ1n) is 8.64. The van der Waals surface area contributed by atoms with Crippen molar-refractivity contribution < 1.29 is 17.9 Å². The molecule has 1 amide bonds. The first-order chi connectivity index (χ1) is 12.9. The molecule has 0 radical (unpaired) electrons. The number of nitrogens with two attached hydrogens (primary N) is 1. The van der Waals surface area contributed by atoms with E-state index in [1.165, 1.54) is 19.2 Å². The lowest BCUT2D eigenvalue weighted by Crippen LogP contribution is -2.26. The van der Waals surface area contributed by atoms with E-state index in [-0.39, 0.29) is 23.2 Å². The van der Waals surface area contributed by atoms with E-state index >= 15 is 0 Å². The molecule has 0 atom stereocenters. The molecule has 9 heteroatoms. The van der Waals surface area contributed by atoms with Crippen LogP contribution in [-0.2, 0) is 10.0 Å². The fourth-order valence-electron chi connectivity index (χ4n) is 2.51. The number of para-hydroxylation sites is 2. The van der Waals surface area contributed by atoms with Gasteiger partial charge in [-0.25, -0.2) is 8.42 Å². The van der Waals surface area contributed by atoms with Crippen molar-refractivity contribution in [1.29, 1.82) is 0 Å². The summed E-state index contributed by atoms with van der Waals surface area (Å²) in [6, 6.07) is 11.2. The lowest BCUT2D eigenvalue weighted by atomic mass is 10.1. The first-order valence-corrected chi connectivity index (χ1v) is 10.1. The number of hydrogen-bond acceptors (Lipinski definition) is 5. The SMILES string of the molecule is COc1ccccc1NS(=O)(=O)c1ccc(C)c(C(=O)NCCCCN)c1.Cl. The summed E-state index contributed by atoms with van der Waals surface area (Å²) in [5.74, 6) is 0.102. The molecule has 0 spiro atoms. The van der Waals surface area contributed by atoms with Gasteiger partial charge in [-0.2, -0.15) is 0 Å². The number of benzene rings is 2.